The van der Waals surface area contributed by atoms with Gasteiger partial charge in [0, 0.05) is 6.20 Å². The Balaban J connectivity index is 1.59. The maximum atomic E-state index is 12.4. The van der Waals surface area contributed by atoms with Crippen molar-refractivity contribution in [2.24, 2.45) is 0 Å². The average molecular weight is 351 g/mol. The third-order valence-corrected chi connectivity index (χ3v) is 4.61. The van der Waals surface area contributed by atoms with Crippen LogP contribution in [0.4, 0.5) is 5.82 Å². The van der Waals surface area contributed by atoms with Crippen LogP contribution in [0.3, 0.4) is 0 Å². The normalized spacial score (nSPS) is 10.8. The van der Waals surface area contributed by atoms with Crippen LogP contribution in [-0.4, -0.2) is 23.0 Å². The molecule has 124 valence electrons. The van der Waals surface area contributed by atoms with Crippen molar-refractivity contribution in [2.45, 2.75) is 0 Å². The van der Waals surface area contributed by atoms with Crippen LogP contribution < -0.4 is 10.1 Å². The Morgan fingerprint density at radius 3 is 2.88 bits per heavy atom. The van der Waals surface area contributed by atoms with Gasteiger partial charge in [0.15, 0.2) is 28.1 Å². The minimum absolute atomic E-state index is 0.182. The van der Waals surface area contributed by atoms with E-state index in [1.807, 2.05) is 24.3 Å². The molecular formula is C18H13N3O3S. The van der Waals surface area contributed by atoms with E-state index in [2.05, 4.69) is 15.3 Å². The zero-order valence-corrected chi connectivity index (χ0v) is 14.0. The third-order valence-electron chi connectivity index (χ3n) is 3.56. The predicted molar refractivity (Wildman–Crippen MR) is 96.1 cm³/mol. The third kappa shape index (κ3) is 2.97. The van der Waals surface area contributed by atoms with E-state index in [0.717, 1.165) is 15.2 Å². The molecule has 4 aromatic rings. The Labute approximate surface area is 147 Å². The minimum atomic E-state index is -0.399. The Morgan fingerprint density at radius 1 is 1.16 bits per heavy atom. The summed E-state index contributed by atoms with van der Waals surface area (Å²) in [5.41, 5.74) is 0.906. The molecule has 0 saturated heterocycles. The summed E-state index contributed by atoms with van der Waals surface area (Å²) in [6.45, 7) is 0. The fourth-order valence-electron chi connectivity index (χ4n) is 2.37. The van der Waals surface area contributed by atoms with Crippen LogP contribution in [0.25, 0.3) is 21.0 Å². The summed E-state index contributed by atoms with van der Waals surface area (Å²) in [5, 5.41) is 3.42. The summed E-state index contributed by atoms with van der Waals surface area (Å²) in [6, 6.07) is 14.6. The van der Waals surface area contributed by atoms with Gasteiger partial charge >= 0.3 is 0 Å². The molecule has 0 aliphatic heterocycles. The highest BCUT2D eigenvalue weighted by Gasteiger charge is 2.16. The number of nitrogens with zero attached hydrogens (tertiary/aromatic N) is 2. The van der Waals surface area contributed by atoms with E-state index >= 15 is 0 Å². The molecule has 0 aliphatic rings. The quantitative estimate of drug-likeness (QED) is 0.596. The number of methoxy groups -OCH3 is 1. The standard InChI is InChI=1S/C18H13N3O3S/c1-23-12-6-4-10-19-16(12)21-17(22)13-8-9-14(24-13)18-20-11-5-2-3-7-15(11)25-18/h2-10H,1H3,(H,19,21,22). The molecule has 6 nitrogen and oxygen atoms in total. The predicted octanol–water partition coefficient (Wildman–Crippen LogP) is 4.21. The molecule has 7 heteroatoms. The molecule has 0 atom stereocenters. The van der Waals surface area contributed by atoms with E-state index in [1.165, 1.54) is 18.4 Å². The van der Waals surface area contributed by atoms with Crippen LogP contribution in [0.2, 0.25) is 0 Å². The van der Waals surface area contributed by atoms with E-state index < -0.39 is 5.91 Å². The lowest BCUT2D eigenvalue weighted by Gasteiger charge is -2.07. The summed E-state index contributed by atoms with van der Waals surface area (Å²) >= 11 is 1.52. The number of furan rings is 1. The molecule has 1 amide bonds. The van der Waals surface area contributed by atoms with Gasteiger partial charge < -0.3 is 14.5 Å². The van der Waals surface area contributed by atoms with Gasteiger partial charge in [0.1, 0.15) is 0 Å². The smallest absolute Gasteiger partial charge is 0.292 e. The second kappa shape index (κ2) is 6.37. The molecule has 1 aromatic carbocycles. The van der Waals surface area contributed by atoms with Gasteiger partial charge in [-0.3, -0.25) is 4.79 Å². The number of hydrogen-bond acceptors (Lipinski definition) is 6. The Morgan fingerprint density at radius 2 is 2.04 bits per heavy atom. The van der Waals surface area contributed by atoms with Gasteiger partial charge in [0.25, 0.3) is 5.91 Å². The molecule has 0 bridgehead atoms. The van der Waals surface area contributed by atoms with Crippen molar-refractivity contribution in [1.82, 2.24) is 9.97 Å². The highest BCUT2D eigenvalue weighted by Crippen LogP contribution is 2.31. The molecule has 0 fully saturated rings. The number of aromatic nitrogens is 2. The lowest BCUT2D eigenvalue weighted by atomic mass is 10.3. The van der Waals surface area contributed by atoms with Crippen molar-refractivity contribution < 1.29 is 13.9 Å². The van der Waals surface area contributed by atoms with Crippen LogP contribution in [-0.2, 0) is 0 Å². The molecule has 4 rings (SSSR count). The molecule has 1 N–H and O–H groups in total. The maximum Gasteiger partial charge on any atom is 0.292 e. The van der Waals surface area contributed by atoms with Crippen molar-refractivity contribution in [3.05, 3.63) is 60.5 Å². The number of ether oxygens (including phenoxy) is 1. The molecule has 25 heavy (non-hydrogen) atoms. The van der Waals surface area contributed by atoms with E-state index in [9.17, 15) is 4.79 Å². The van der Waals surface area contributed by atoms with Crippen molar-refractivity contribution in [3.63, 3.8) is 0 Å². The van der Waals surface area contributed by atoms with Crippen molar-refractivity contribution in [1.29, 1.82) is 0 Å². The summed E-state index contributed by atoms with van der Waals surface area (Å²) < 4.78 is 11.9. The first-order valence-corrected chi connectivity index (χ1v) is 8.32. The number of thiazole rings is 1. The number of amides is 1. The Bertz CT molecular complexity index is 1020. The number of pyridine rings is 1. The zero-order chi connectivity index (χ0) is 17.2. The zero-order valence-electron chi connectivity index (χ0n) is 13.2. The highest BCUT2D eigenvalue weighted by molar-refractivity contribution is 7.21. The van der Waals surface area contributed by atoms with Crippen LogP contribution >= 0.6 is 11.3 Å². The highest BCUT2D eigenvalue weighted by atomic mass is 32.1. The molecule has 0 aliphatic carbocycles. The SMILES string of the molecule is COc1cccnc1NC(=O)c1ccc(-c2nc3ccccc3s2)o1. The van der Waals surface area contributed by atoms with E-state index in [1.54, 1.807) is 30.5 Å². The fourth-order valence-corrected chi connectivity index (χ4v) is 3.30. The fraction of sp³-hybridized carbons (Fsp3) is 0.0556. The summed E-state index contributed by atoms with van der Waals surface area (Å²) in [7, 11) is 1.52. The van der Waals surface area contributed by atoms with Gasteiger partial charge in [-0.05, 0) is 36.4 Å². The van der Waals surface area contributed by atoms with Gasteiger partial charge in [0.2, 0.25) is 0 Å². The molecule has 3 heterocycles. The van der Waals surface area contributed by atoms with Crippen LogP contribution in [0.5, 0.6) is 5.75 Å². The molecule has 0 unspecified atom stereocenters. The van der Waals surface area contributed by atoms with Gasteiger partial charge in [-0.15, -0.1) is 11.3 Å². The van der Waals surface area contributed by atoms with Crippen LogP contribution in [0, 0.1) is 0 Å². The lowest BCUT2D eigenvalue weighted by Crippen LogP contribution is -2.12. The van der Waals surface area contributed by atoms with Gasteiger partial charge in [-0.25, -0.2) is 9.97 Å². The number of nitrogens with one attached hydrogen (secondary N) is 1. The van der Waals surface area contributed by atoms with Crippen molar-refractivity contribution in [2.75, 3.05) is 12.4 Å². The first-order chi connectivity index (χ1) is 12.2. The number of carbonyl (C=O) groups excluding carboxylic acids is 1. The summed E-state index contributed by atoms with van der Waals surface area (Å²) in [5.74, 6) is 1.16. The Hall–Kier alpha value is -3.19. The number of rotatable bonds is 4. The van der Waals surface area contributed by atoms with E-state index in [-0.39, 0.29) is 5.76 Å². The van der Waals surface area contributed by atoms with E-state index in [4.69, 9.17) is 9.15 Å². The van der Waals surface area contributed by atoms with Crippen LogP contribution in [0.1, 0.15) is 10.6 Å². The summed E-state index contributed by atoms with van der Waals surface area (Å²) in [6.07, 6.45) is 1.58. The number of anilines is 1. The largest absolute Gasteiger partial charge is 0.493 e. The number of benzene rings is 1. The Kier molecular flexibility index (Phi) is 3.91. The average Bonchev–Trinajstić information content (AvgIpc) is 3.29. The van der Waals surface area contributed by atoms with Crippen molar-refractivity contribution >= 4 is 33.3 Å². The summed E-state index contributed by atoms with van der Waals surface area (Å²) in [4.78, 5) is 21.0. The number of para-hydroxylation sites is 1. The van der Waals surface area contributed by atoms with Gasteiger partial charge in [-0.2, -0.15) is 0 Å². The topological polar surface area (TPSA) is 77.2 Å². The maximum absolute atomic E-state index is 12.4. The molecule has 3 aromatic heterocycles. The minimum Gasteiger partial charge on any atom is -0.493 e. The lowest BCUT2D eigenvalue weighted by molar-refractivity contribution is 0.0996. The van der Waals surface area contributed by atoms with Crippen LogP contribution in [0.15, 0.2) is 59.1 Å². The molecular weight excluding hydrogens is 338 g/mol. The molecule has 0 radical (unpaired) electrons. The number of hydrogen-bond donors (Lipinski definition) is 1. The monoisotopic (exact) mass is 351 g/mol. The second-order valence-electron chi connectivity index (χ2n) is 5.16. The van der Waals surface area contributed by atoms with Gasteiger partial charge in [-0.1, -0.05) is 12.1 Å². The second-order valence-corrected chi connectivity index (χ2v) is 6.19. The number of carbonyl (C=O) groups is 1. The van der Waals surface area contributed by atoms with Crippen molar-refractivity contribution in [3.8, 4) is 16.5 Å². The first-order valence-electron chi connectivity index (χ1n) is 7.51. The van der Waals surface area contributed by atoms with Gasteiger partial charge in [0.05, 0.1) is 17.3 Å². The van der Waals surface area contributed by atoms with E-state index in [0.29, 0.717) is 17.3 Å². The molecule has 0 saturated carbocycles. The molecule has 0 spiro atoms. The first kappa shape index (κ1) is 15.3. The number of fused-ring (bicyclic) bond motifs is 1.